The molecule has 5 heteroatoms. The van der Waals surface area contributed by atoms with Gasteiger partial charge in [-0.2, -0.15) is 5.10 Å². The van der Waals surface area contributed by atoms with Gasteiger partial charge in [0.15, 0.2) is 5.78 Å². The lowest BCUT2D eigenvalue weighted by molar-refractivity contribution is 0.101. The molecule has 5 nitrogen and oxygen atoms in total. The molecule has 0 aliphatic rings. The molecule has 0 amide bonds. The quantitative estimate of drug-likeness (QED) is 0.656. The Labute approximate surface area is 109 Å². The molecule has 3 aromatic rings. The van der Waals surface area contributed by atoms with E-state index in [9.17, 15) is 4.79 Å². The lowest BCUT2D eigenvalue weighted by Gasteiger charge is -2.02. The van der Waals surface area contributed by atoms with Crippen molar-refractivity contribution in [1.29, 1.82) is 0 Å². The maximum atomic E-state index is 11.4. The first-order valence-electron chi connectivity index (χ1n) is 5.89. The van der Waals surface area contributed by atoms with Crippen molar-refractivity contribution in [1.82, 2.24) is 19.7 Å². The molecular formula is C14H12N4O. The monoisotopic (exact) mass is 252 g/mol. The Balaban J connectivity index is 2.16. The molecule has 0 bridgehead atoms. The molecular weight excluding hydrogens is 240 g/mol. The maximum absolute atomic E-state index is 11.4. The van der Waals surface area contributed by atoms with E-state index in [1.807, 2.05) is 19.3 Å². The molecule has 0 spiro atoms. The summed E-state index contributed by atoms with van der Waals surface area (Å²) in [5.41, 5.74) is 3.20. The third kappa shape index (κ3) is 2.10. The fourth-order valence-corrected chi connectivity index (χ4v) is 1.95. The molecule has 94 valence electrons. The topological polar surface area (TPSA) is 60.7 Å². The van der Waals surface area contributed by atoms with Gasteiger partial charge in [-0.1, -0.05) is 0 Å². The molecule has 3 rings (SSSR count). The van der Waals surface area contributed by atoms with Gasteiger partial charge in [0.1, 0.15) is 5.69 Å². The van der Waals surface area contributed by atoms with E-state index >= 15 is 0 Å². The van der Waals surface area contributed by atoms with Gasteiger partial charge in [0.05, 0.1) is 17.9 Å². The molecule has 0 aliphatic carbocycles. The van der Waals surface area contributed by atoms with E-state index in [0.29, 0.717) is 5.69 Å². The van der Waals surface area contributed by atoms with Crippen LogP contribution in [0.3, 0.4) is 0 Å². The first-order chi connectivity index (χ1) is 9.13. The molecule has 0 aliphatic heterocycles. The summed E-state index contributed by atoms with van der Waals surface area (Å²) in [7, 11) is 1.87. The molecule has 0 saturated heterocycles. The number of carbonyl (C=O) groups is 1. The van der Waals surface area contributed by atoms with Gasteiger partial charge in [0.2, 0.25) is 0 Å². The summed E-state index contributed by atoms with van der Waals surface area (Å²) < 4.78 is 1.74. The summed E-state index contributed by atoms with van der Waals surface area (Å²) in [5.74, 6) is -0.0475. The Kier molecular flexibility index (Phi) is 2.59. The van der Waals surface area contributed by atoms with Gasteiger partial charge in [-0.25, -0.2) is 0 Å². The van der Waals surface area contributed by atoms with E-state index in [1.165, 1.54) is 6.92 Å². The van der Waals surface area contributed by atoms with Crippen LogP contribution in [0, 0.1) is 0 Å². The first kappa shape index (κ1) is 11.5. The minimum absolute atomic E-state index is 0.0475. The van der Waals surface area contributed by atoms with Crippen molar-refractivity contribution < 1.29 is 4.79 Å². The highest BCUT2D eigenvalue weighted by atomic mass is 16.1. The average molecular weight is 252 g/mol. The number of nitrogens with zero attached hydrogens (tertiary/aromatic N) is 4. The van der Waals surface area contributed by atoms with Crippen LogP contribution in [0.5, 0.6) is 0 Å². The molecule has 0 aromatic carbocycles. The maximum Gasteiger partial charge on any atom is 0.178 e. The minimum atomic E-state index is -0.0475. The number of aryl methyl sites for hydroxylation is 1. The van der Waals surface area contributed by atoms with E-state index in [-0.39, 0.29) is 5.78 Å². The van der Waals surface area contributed by atoms with Crippen molar-refractivity contribution >= 4 is 16.7 Å². The van der Waals surface area contributed by atoms with Crippen molar-refractivity contribution in [2.45, 2.75) is 6.92 Å². The Morgan fingerprint density at radius 1 is 1.11 bits per heavy atom. The average Bonchev–Trinajstić information content (AvgIpc) is 2.84. The SMILES string of the molecule is CC(=O)c1cc2cc(-c3cnn(C)c3)cnc2cn1. The fraction of sp³-hybridized carbons (Fsp3) is 0.143. The Bertz CT molecular complexity index is 776. The summed E-state index contributed by atoms with van der Waals surface area (Å²) >= 11 is 0. The second-order valence-electron chi connectivity index (χ2n) is 4.45. The molecule has 19 heavy (non-hydrogen) atoms. The summed E-state index contributed by atoms with van der Waals surface area (Å²) in [4.78, 5) is 19.8. The van der Waals surface area contributed by atoms with Crippen molar-refractivity contribution in [3.63, 3.8) is 0 Å². The number of rotatable bonds is 2. The van der Waals surface area contributed by atoms with Gasteiger partial charge in [-0.15, -0.1) is 0 Å². The Hall–Kier alpha value is -2.56. The second kappa shape index (κ2) is 4.28. The zero-order chi connectivity index (χ0) is 13.4. The standard InChI is InChI=1S/C14H12N4O/c1-9(19)13-4-10-3-11(5-15-14(10)7-16-13)12-6-17-18(2)8-12/h3-8H,1-2H3. The molecule has 0 saturated carbocycles. The van der Waals surface area contributed by atoms with Crippen LogP contribution in [0.15, 0.2) is 36.9 Å². The Morgan fingerprint density at radius 3 is 2.63 bits per heavy atom. The largest absolute Gasteiger partial charge is 0.293 e. The smallest absolute Gasteiger partial charge is 0.178 e. The zero-order valence-corrected chi connectivity index (χ0v) is 10.7. The van der Waals surface area contributed by atoms with Crippen LogP contribution in [0.4, 0.5) is 0 Å². The minimum Gasteiger partial charge on any atom is -0.293 e. The van der Waals surface area contributed by atoms with Crippen LogP contribution >= 0.6 is 0 Å². The van der Waals surface area contributed by atoms with Gasteiger partial charge in [0.25, 0.3) is 0 Å². The number of hydrogen-bond donors (Lipinski definition) is 0. The molecule has 0 N–H and O–H groups in total. The Morgan fingerprint density at radius 2 is 1.95 bits per heavy atom. The van der Waals surface area contributed by atoms with E-state index in [4.69, 9.17) is 0 Å². The van der Waals surface area contributed by atoms with Crippen LogP contribution in [0.25, 0.3) is 22.0 Å². The zero-order valence-electron chi connectivity index (χ0n) is 10.7. The predicted molar refractivity (Wildman–Crippen MR) is 71.7 cm³/mol. The highest BCUT2D eigenvalue weighted by Gasteiger charge is 2.06. The normalized spacial score (nSPS) is 10.8. The van der Waals surface area contributed by atoms with Crippen LogP contribution in [-0.2, 0) is 7.05 Å². The van der Waals surface area contributed by atoms with Gasteiger partial charge < -0.3 is 0 Å². The number of hydrogen-bond acceptors (Lipinski definition) is 4. The van der Waals surface area contributed by atoms with E-state index < -0.39 is 0 Å². The van der Waals surface area contributed by atoms with Crippen molar-refractivity contribution in [3.8, 4) is 11.1 Å². The lowest BCUT2D eigenvalue weighted by atomic mass is 10.1. The second-order valence-corrected chi connectivity index (χ2v) is 4.45. The molecule has 0 unspecified atom stereocenters. The van der Waals surface area contributed by atoms with Crippen LogP contribution in [0.2, 0.25) is 0 Å². The van der Waals surface area contributed by atoms with Gasteiger partial charge in [-0.3, -0.25) is 19.4 Å². The summed E-state index contributed by atoms with van der Waals surface area (Å²) in [6, 6.07) is 3.76. The van der Waals surface area contributed by atoms with Crippen molar-refractivity contribution in [2.75, 3.05) is 0 Å². The van der Waals surface area contributed by atoms with E-state index in [2.05, 4.69) is 15.1 Å². The molecule has 0 atom stereocenters. The van der Waals surface area contributed by atoms with Gasteiger partial charge in [0, 0.05) is 42.9 Å². The van der Waals surface area contributed by atoms with Gasteiger partial charge in [-0.05, 0) is 12.1 Å². The third-order valence-corrected chi connectivity index (χ3v) is 2.97. The van der Waals surface area contributed by atoms with Crippen LogP contribution in [-0.4, -0.2) is 25.5 Å². The number of pyridine rings is 2. The number of ketones is 1. The molecule has 0 fully saturated rings. The first-order valence-corrected chi connectivity index (χ1v) is 5.89. The third-order valence-electron chi connectivity index (χ3n) is 2.97. The van der Waals surface area contributed by atoms with Crippen molar-refractivity contribution in [3.05, 3.63) is 42.6 Å². The highest BCUT2D eigenvalue weighted by Crippen LogP contribution is 2.22. The van der Waals surface area contributed by atoms with Crippen LogP contribution in [0.1, 0.15) is 17.4 Å². The molecule has 3 aromatic heterocycles. The van der Waals surface area contributed by atoms with E-state index in [0.717, 1.165) is 22.0 Å². The van der Waals surface area contributed by atoms with Gasteiger partial charge >= 0.3 is 0 Å². The molecule has 0 radical (unpaired) electrons. The predicted octanol–water partition coefficient (Wildman–Crippen LogP) is 2.23. The van der Waals surface area contributed by atoms with E-state index in [1.54, 1.807) is 29.3 Å². The van der Waals surface area contributed by atoms with Crippen molar-refractivity contribution in [2.24, 2.45) is 7.05 Å². The number of fused-ring (bicyclic) bond motifs is 1. The summed E-state index contributed by atoms with van der Waals surface area (Å²) in [5, 5.41) is 5.05. The summed E-state index contributed by atoms with van der Waals surface area (Å²) in [6.07, 6.45) is 7.12. The summed E-state index contributed by atoms with van der Waals surface area (Å²) in [6.45, 7) is 1.51. The lowest BCUT2D eigenvalue weighted by Crippen LogP contribution is -1.96. The number of carbonyl (C=O) groups excluding carboxylic acids is 1. The highest BCUT2D eigenvalue weighted by molar-refractivity contribution is 5.96. The fourth-order valence-electron chi connectivity index (χ4n) is 1.95. The number of Topliss-reactive ketones (excluding diaryl/α,β-unsaturated/α-hetero) is 1. The van der Waals surface area contributed by atoms with Crippen LogP contribution < -0.4 is 0 Å². The number of aromatic nitrogens is 4. The molecule has 3 heterocycles.